The molecule has 0 aliphatic carbocycles. The van der Waals surface area contributed by atoms with Gasteiger partial charge in [0.2, 0.25) is 0 Å². The molecular formula is C21H17ClN6O2. The quantitative estimate of drug-likeness (QED) is 0.464. The number of nitrogens with zero attached hydrogens (tertiary/aromatic N) is 6. The number of rotatable bonds is 2. The Morgan fingerprint density at radius 3 is 2.57 bits per heavy atom. The Hall–Kier alpha value is -3.70. The number of aryl methyl sites for hydroxylation is 1. The third-order valence-corrected chi connectivity index (χ3v) is 4.71. The molecule has 4 heterocycles. The van der Waals surface area contributed by atoms with E-state index in [-0.39, 0.29) is 22.4 Å². The fraction of sp³-hybridized carbons (Fsp3) is 0.190. The number of fused-ring (bicyclic) bond motifs is 1. The molecule has 0 aromatic carbocycles. The Balaban J connectivity index is 1.88. The molecule has 0 radical (unpaired) electrons. The first kappa shape index (κ1) is 19.6. The molecule has 4 rings (SSSR count). The number of hydrogen-bond acceptors (Lipinski definition) is 5. The van der Waals surface area contributed by atoms with Gasteiger partial charge in [0.25, 0.3) is 5.56 Å². The maximum absolute atomic E-state index is 13.2. The Morgan fingerprint density at radius 2 is 1.90 bits per heavy atom. The first-order chi connectivity index (χ1) is 14.4. The Labute approximate surface area is 176 Å². The van der Waals surface area contributed by atoms with Crippen LogP contribution in [0.3, 0.4) is 0 Å². The van der Waals surface area contributed by atoms with E-state index in [9.17, 15) is 9.59 Å². The van der Waals surface area contributed by atoms with Crippen molar-refractivity contribution in [3.8, 4) is 17.7 Å². The van der Waals surface area contributed by atoms with Crippen LogP contribution in [-0.4, -0.2) is 28.9 Å². The van der Waals surface area contributed by atoms with Gasteiger partial charge < -0.3 is 0 Å². The molecule has 0 N–H and O–H groups in total. The summed E-state index contributed by atoms with van der Waals surface area (Å²) in [4.78, 5) is 34.5. The third kappa shape index (κ3) is 3.40. The topological polar surface area (TPSA) is 87.6 Å². The summed E-state index contributed by atoms with van der Waals surface area (Å²) in [5, 5.41) is 4.35. The zero-order valence-electron chi connectivity index (χ0n) is 16.5. The van der Waals surface area contributed by atoms with E-state index < -0.39 is 11.2 Å². The molecule has 0 aliphatic rings. The van der Waals surface area contributed by atoms with Crippen LogP contribution in [0.15, 0.2) is 52.6 Å². The molecule has 150 valence electrons. The van der Waals surface area contributed by atoms with E-state index in [1.54, 1.807) is 37.8 Å². The van der Waals surface area contributed by atoms with E-state index in [0.29, 0.717) is 11.1 Å². The molecule has 30 heavy (non-hydrogen) atoms. The van der Waals surface area contributed by atoms with Crippen molar-refractivity contribution in [3.05, 3.63) is 80.0 Å². The molecule has 0 fully saturated rings. The van der Waals surface area contributed by atoms with Crippen LogP contribution in [0, 0.1) is 11.8 Å². The van der Waals surface area contributed by atoms with Gasteiger partial charge in [0, 0.05) is 49.0 Å². The van der Waals surface area contributed by atoms with Gasteiger partial charge in [-0.05, 0) is 32.0 Å². The van der Waals surface area contributed by atoms with Gasteiger partial charge >= 0.3 is 5.69 Å². The van der Waals surface area contributed by atoms with Crippen molar-refractivity contribution in [2.45, 2.75) is 19.9 Å². The summed E-state index contributed by atoms with van der Waals surface area (Å²) in [7, 11) is 1.69. The largest absolute Gasteiger partial charge is 0.337 e. The fourth-order valence-electron chi connectivity index (χ4n) is 3.14. The van der Waals surface area contributed by atoms with Gasteiger partial charge in [0.15, 0.2) is 11.3 Å². The van der Waals surface area contributed by atoms with Crippen LogP contribution in [0.5, 0.6) is 0 Å². The van der Waals surface area contributed by atoms with Crippen LogP contribution in [0.25, 0.3) is 16.9 Å². The Morgan fingerprint density at radius 1 is 1.13 bits per heavy atom. The zero-order chi connectivity index (χ0) is 21.4. The molecule has 4 aromatic heterocycles. The van der Waals surface area contributed by atoms with Crippen LogP contribution in [-0.2, 0) is 7.05 Å². The number of aromatic nitrogens is 6. The molecule has 0 saturated carbocycles. The second-order valence-corrected chi connectivity index (χ2v) is 7.35. The van der Waals surface area contributed by atoms with Gasteiger partial charge in [0.1, 0.15) is 0 Å². The van der Waals surface area contributed by atoms with Crippen LogP contribution >= 0.6 is 11.6 Å². The molecule has 0 unspecified atom stereocenters. The Kier molecular flexibility index (Phi) is 4.98. The van der Waals surface area contributed by atoms with Gasteiger partial charge in [-0.1, -0.05) is 23.4 Å². The van der Waals surface area contributed by atoms with E-state index in [4.69, 9.17) is 11.6 Å². The summed E-state index contributed by atoms with van der Waals surface area (Å²) in [6, 6.07) is 5.00. The minimum atomic E-state index is -0.573. The maximum atomic E-state index is 13.2. The normalized spacial score (nSPS) is 11.0. The van der Waals surface area contributed by atoms with Crippen molar-refractivity contribution in [1.82, 2.24) is 28.9 Å². The average molecular weight is 421 g/mol. The van der Waals surface area contributed by atoms with Gasteiger partial charge in [-0.3, -0.25) is 19.0 Å². The van der Waals surface area contributed by atoms with Gasteiger partial charge in [0.05, 0.1) is 10.5 Å². The molecule has 0 bridgehead atoms. The molecule has 0 spiro atoms. The van der Waals surface area contributed by atoms with Gasteiger partial charge in [-0.2, -0.15) is 5.10 Å². The first-order valence-corrected chi connectivity index (χ1v) is 9.53. The Bertz CT molecular complexity index is 1440. The highest BCUT2D eigenvalue weighted by Gasteiger charge is 2.21. The summed E-state index contributed by atoms with van der Waals surface area (Å²) in [6.45, 7) is 3.71. The number of hydrogen-bond donors (Lipinski definition) is 0. The molecule has 0 saturated heterocycles. The van der Waals surface area contributed by atoms with E-state index in [2.05, 4.69) is 26.9 Å². The molecule has 0 aliphatic heterocycles. The highest BCUT2D eigenvalue weighted by atomic mass is 35.5. The molecule has 9 heteroatoms. The second kappa shape index (κ2) is 7.61. The number of halogens is 1. The van der Waals surface area contributed by atoms with E-state index in [1.165, 1.54) is 15.4 Å². The lowest BCUT2D eigenvalue weighted by molar-refractivity contribution is 0.568. The lowest BCUT2D eigenvalue weighted by Gasteiger charge is -2.14. The van der Waals surface area contributed by atoms with Crippen molar-refractivity contribution < 1.29 is 0 Å². The predicted octanol–water partition coefficient (Wildman–Crippen LogP) is 2.31. The van der Waals surface area contributed by atoms with Crippen molar-refractivity contribution in [2.24, 2.45) is 7.05 Å². The monoisotopic (exact) mass is 420 g/mol. The standard InChI is InChI=1S/C21H17ClN6O2/c1-13(2)27-17-12-26(3)25-18(17)20(29)28(21(27)30)19-16(22)9-15(11-24-19)7-6-14-5-4-8-23-10-14/h4-5,8-13H,1-3H3. The van der Waals surface area contributed by atoms with Crippen LogP contribution in [0.1, 0.15) is 31.0 Å². The minimum Gasteiger partial charge on any atom is -0.287 e. The highest BCUT2D eigenvalue weighted by molar-refractivity contribution is 6.32. The summed E-state index contributed by atoms with van der Waals surface area (Å²) in [5.74, 6) is 5.95. The summed E-state index contributed by atoms with van der Waals surface area (Å²) < 4.78 is 3.95. The smallest absolute Gasteiger partial charge is 0.287 e. The van der Waals surface area contributed by atoms with Crippen molar-refractivity contribution in [2.75, 3.05) is 0 Å². The maximum Gasteiger partial charge on any atom is 0.337 e. The second-order valence-electron chi connectivity index (χ2n) is 6.94. The molecule has 0 amide bonds. The van der Waals surface area contributed by atoms with Crippen LogP contribution < -0.4 is 11.2 Å². The van der Waals surface area contributed by atoms with Crippen LogP contribution in [0.2, 0.25) is 5.02 Å². The van der Waals surface area contributed by atoms with Crippen molar-refractivity contribution in [3.63, 3.8) is 0 Å². The van der Waals surface area contributed by atoms with E-state index in [0.717, 1.165) is 10.1 Å². The summed E-state index contributed by atoms with van der Waals surface area (Å²) >= 11 is 6.40. The summed E-state index contributed by atoms with van der Waals surface area (Å²) in [5.41, 5.74) is 0.825. The zero-order valence-corrected chi connectivity index (χ0v) is 17.3. The minimum absolute atomic E-state index is 0.0422. The summed E-state index contributed by atoms with van der Waals surface area (Å²) in [6.07, 6.45) is 6.43. The highest BCUT2D eigenvalue weighted by Crippen LogP contribution is 2.19. The van der Waals surface area contributed by atoms with Crippen molar-refractivity contribution >= 4 is 22.6 Å². The third-order valence-electron chi connectivity index (χ3n) is 4.43. The molecule has 0 atom stereocenters. The molecule has 8 nitrogen and oxygen atoms in total. The first-order valence-electron chi connectivity index (χ1n) is 9.15. The van der Waals surface area contributed by atoms with Crippen LogP contribution in [0.4, 0.5) is 0 Å². The lowest BCUT2D eigenvalue weighted by atomic mass is 10.2. The van der Waals surface area contributed by atoms with Gasteiger partial charge in [-0.15, -0.1) is 0 Å². The molecular weight excluding hydrogens is 404 g/mol. The SMILES string of the molecule is CC(C)n1c(=O)n(-c2ncc(C#Cc3cccnc3)cc2Cl)c(=O)c2nn(C)cc21. The van der Waals surface area contributed by atoms with Gasteiger partial charge in [-0.25, -0.2) is 14.3 Å². The molecule has 4 aromatic rings. The fourth-order valence-corrected chi connectivity index (χ4v) is 3.39. The van der Waals surface area contributed by atoms with Crippen molar-refractivity contribution in [1.29, 1.82) is 0 Å². The average Bonchev–Trinajstić information content (AvgIpc) is 3.09. The van der Waals surface area contributed by atoms with E-state index >= 15 is 0 Å². The predicted molar refractivity (Wildman–Crippen MR) is 114 cm³/mol. The van der Waals surface area contributed by atoms with E-state index in [1.807, 2.05) is 19.9 Å². The number of pyridine rings is 2. The lowest BCUT2D eigenvalue weighted by Crippen LogP contribution is -2.40.